The first-order valence-corrected chi connectivity index (χ1v) is 6.23. The summed E-state index contributed by atoms with van der Waals surface area (Å²) in [7, 11) is 0. The second-order valence-electron chi connectivity index (χ2n) is 2.49. The van der Waals surface area contributed by atoms with Crippen molar-refractivity contribution in [1.29, 1.82) is 0 Å². The molecule has 0 saturated carbocycles. The Bertz CT molecular complexity index is 268. The van der Waals surface area contributed by atoms with Crippen LogP contribution in [0.4, 0.5) is 0 Å². The monoisotopic (exact) mass is 326 g/mol. The number of para-hydroxylation sites is 1. The summed E-state index contributed by atoms with van der Waals surface area (Å²) < 4.78 is 5.48. The van der Waals surface area contributed by atoms with Gasteiger partial charge in [0, 0.05) is 5.33 Å². The molecule has 0 bridgehead atoms. The van der Waals surface area contributed by atoms with Crippen molar-refractivity contribution in [2.24, 2.45) is 0 Å². The Morgan fingerprint density at radius 2 is 2.08 bits per heavy atom. The molecule has 1 unspecified atom stereocenters. The van der Waals surface area contributed by atoms with Gasteiger partial charge in [-0.3, -0.25) is 0 Å². The van der Waals surface area contributed by atoms with Crippen LogP contribution in [0.25, 0.3) is 0 Å². The molecule has 0 heterocycles. The zero-order chi connectivity index (χ0) is 9.68. The lowest BCUT2D eigenvalue weighted by atomic mass is 10.3. The maximum absolute atomic E-state index is 5.90. The van der Waals surface area contributed by atoms with Gasteiger partial charge in [-0.25, -0.2) is 0 Å². The van der Waals surface area contributed by atoms with Crippen molar-refractivity contribution in [2.75, 3.05) is 11.9 Å². The third kappa shape index (κ3) is 3.88. The highest BCUT2D eigenvalue weighted by atomic mass is 79.9. The molecule has 0 aromatic heterocycles. The minimum absolute atomic E-state index is 0.309. The topological polar surface area (TPSA) is 9.23 Å². The highest BCUT2D eigenvalue weighted by Crippen LogP contribution is 2.23. The van der Waals surface area contributed by atoms with E-state index in [2.05, 4.69) is 31.9 Å². The maximum Gasteiger partial charge on any atom is 0.137 e. The van der Waals surface area contributed by atoms with E-state index in [4.69, 9.17) is 16.3 Å². The summed E-state index contributed by atoms with van der Waals surface area (Å²) in [5, 5.41) is 1.51. The number of ether oxygens (including phenoxy) is 1. The molecule has 0 aliphatic rings. The Kier molecular flexibility index (Phi) is 5.14. The van der Waals surface area contributed by atoms with Gasteiger partial charge in [0.2, 0.25) is 0 Å². The molecule has 13 heavy (non-hydrogen) atoms. The van der Waals surface area contributed by atoms with Crippen LogP contribution < -0.4 is 4.74 Å². The van der Waals surface area contributed by atoms with Gasteiger partial charge < -0.3 is 4.74 Å². The lowest BCUT2D eigenvalue weighted by Gasteiger charge is -2.09. The Labute approximate surface area is 99.7 Å². The van der Waals surface area contributed by atoms with Gasteiger partial charge in [-0.15, -0.1) is 0 Å². The predicted octanol–water partition coefficient (Wildman–Crippen LogP) is 3.88. The summed E-state index contributed by atoms with van der Waals surface area (Å²) in [5.41, 5.74) is 0. The van der Waals surface area contributed by atoms with E-state index in [1.54, 1.807) is 0 Å². The Morgan fingerprint density at radius 1 is 1.38 bits per heavy atom. The van der Waals surface area contributed by atoms with Crippen LogP contribution in [-0.2, 0) is 0 Å². The highest BCUT2D eigenvalue weighted by molar-refractivity contribution is 9.12. The van der Waals surface area contributed by atoms with Crippen LogP contribution in [0.3, 0.4) is 0 Å². The van der Waals surface area contributed by atoms with Crippen LogP contribution in [0.15, 0.2) is 24.3 Å². The molecule has 0 radical (unpaired) electrons. The van der Waals surface area contributed by atoms with Gasteiger partial charge in [-0.2, -0.15) is 0 Å². The van der Waals surface area contributed by atoms with E-state index in [1.165, 1.54) is 0 Å². The van der Waals surface area contributed by atoms with Gasteiger partial charge in [0.25, 0.3) is 0 Å². The Hall–Kier alpha value is 0.270. The van der Waals surface area contributed by atoms with Crippen LogP contribution in [0, 0.1) is 0 Å². The summed E-state index contributed by atoms with van der Waals surface area (Å²) in [6.45, 7) is 0.606. The van der Waals surface area contributed by atoms with Gasteiger partial charge in [0.1, 0.15) is 12.4 Å². The van der Waals surface area contributed by atoms with Crippen molar-refractivity contribution in [3.05, 3.63) is 29.3 Å². The second kappa shape index (κ2) is 5.89. The van der Waals surface area contributed by atoms with E-state index in [0.717, 1.165) is 11.1 Å². The van der Waals surface area contributed by atoms with E-state index in [0.29, 0.717) is 16.5 Å². The van der Waals surface area contributed by atoms with Crippen LogP contribution in [0.2, 0.25) is 5.02 Å². The Balaban J connectivity index is 2.50. The average Bonchev–Trinajstić information content (AvgIpc) is 2.16. The van der Waals surface area contributed by atoms with Crippen LogP contribution in [0.5, 0.6) is 5.75 Å². The molecule has 0 amide bonds. The van der Waals surface area contributed by atoms with Gasteiger partial charge in [0.05, 0.1) is 9.85 Å². The maximum atomic E-state index is 5.90. The Morgan fingerprint density at radius 3 is 2.69 bits per heavy atom. The summed E-state index contributed by atoms with van der Waals surface area (Å²) in [4.78, 5) is 0.309. The van der Waals surface area contributed by atoms with Crippen LogP contribution in [0.1, 0.15) is 0 Å². The van der Waals surface area contributed by atoms with Gasteiger partial charge in [-0.05, 0) is 12.1 Å². The van der Waals surface area contributed by atoms with Crippen molar-refractivity contribution < 1.29 is 4.74 Å². The number of halogens is 3. The molecule has 1 aromatic carbocycles. The summed E-state index contributed by atoms with van der Waals surface area (Å²) in [6, 6.07) is 7.45. The number of hydrogen-bond acceptors (Lipinski definition) is 1. The zero-order valence-corrected chi connectivity index (χ0v) is 10.8. The third-order valence-corrected chi connectivity index (χ3v) is 3.97. The number of benzene rings is 1. The molecular weight excluding hydrogens is 319 g/mol. The fraction of sp³-hybridized carbons (Fsp3) is 0.333. The van der Waals surface area contributed by atoms with Crippen molar-refractivity contribution >= 4 is 43.5 Å². The fourth-order valence-electron chi connectivity index (χ4n) is 0.787. The van der Waals surface area contributed by atoms with E-state index < -0.39 is 0 Å². The molecule has 1 aromatic rings. The molecule has 4 heteroatoms. The van der Waals surface area contributed by atoms with E-state index in [-0.39, 0.29) is 0 Å². The molecule has 0 aliphatic carbocycles. The van der Waals surface area contributed by atoms with Crippen molar-refractivity contribution in [2.45, 2.75) is 4.83 Å². The quantitative estimate of drug-likeness (QED) is 0.762. The van der Waals surface area contributed by atoms with E-state index in [9.17, 15) is 0 Å². The standard InChI is InChI=1S/C9H9Br2ClO/c10-5-7(11)6-13-9-4-2-1-3-8(9)12/h1-4,7H,5-6H2. The zero-order valence-electron chi connectivity index (χ0n) is 6.84. The smallest absolute Gasteiger partial charge is 0.137 e. The first-order valence-electron chi connectivity index (χ1n) is 3.81. The SMILES string of the molecule is Clc1ccccc1OCC(Br)CBr. The molecule has 0 spiro atoms. The van der Waals surface area contributed by atoms with E-state index >= 15 is 0 Å². The van der Waals surface area contributed by atoms with E-state index in [1.807, 2.05) is 24.3 Å². The molecule has 1 atom stereocenters. The number of alkyl halides is 2. The van der Waals surface area contributed by atoms with Crippen molar-refractivity contribution in [3.63, 3.8) is 0 Å². The predicted molar refractivity (Wildman–Crippen MR) is 63.5 cm³/mol. The lowest BCUT2D eigenvalue weighted by molar-refractivity contribution is 0.325. The molecule has 1 rings (SSSR count). The molecule has 0 N–H and O–H groups in total. The van der Waals surface area contributed by atoms with Gasteiger partial charge >= 0.3 is 0 Å². The molecule has 0 aliphatic heterocycles. The minimum atomic E-state index is 0.309. The van der Waals surface area contributed by atoms with Gasteiger partial charge in [-0.1, -0.05) is 55.6 Å². The molecular formula is C9H9Br2ClO. The average molecular weight is 328 g/mol. The summed E-state index contributed by atoms with van der Waals surface area (Å²) >= 11 is 12.7. The summed E-state index contributed by atoms with van der Waals surface area (Å²) in [6.07, 6.45) is 0. The van der Waals surface area contributed by atoms with Gasteiger partial charge in [0.15, 0.2) is 0 Å². The van der Waals surface area contributed by atoms with Crippen molar-refractivity contribution in [1.82, 2.24) is 0 Å². The fourth-order valence-corrected chi connectivity index (χ4v) is 1.30. The van der Waals surface area contributed by atoms with Crippen molar-refractivity contribution in [3.8, 4) is 5.75 Å². The lowest BCUT2D eigenvalue weighted by Crippen LogP contribution is -2.12. The number of rotatable bonds is 4. The third-order valence-electron chi connectivity index (χ3n) is 1.42. The first-order chi connectivity index (χ1) is 6.24. The molecule has 0 saturated heterocycles. The molecule has 72 valence electrons. The molecule has 1 nitrogen and oxygen atoms in total. The minimum Gasteiger partial charge on any atom is -0.491 e. The highest BCUT2D eigenvalue weighted by Gasteiger charge is 2.04. The normalized spacial score (nSPS) is 12.5. The first kappa shape index (κ1) is 11.3. The summed E-state index contributed by atoms with van der Waals surface area (Å²) in [5.74, 6) is 0.731. The second-order valence-corrected chi connectivity index (χ2v) is 4.84. The number of hydrogen-bond donors (Lipinski definition) is 0. The largest absolute Gasteiger partial charge is 0.491 e. The molecule has 0 fully saturated rings. The van der Waals surface area contributed by atoms with Crippen LogP contribution in [-0.4, -0.2) is 16.8 Å². The van der Waals surface area contributed by atoms with Crippen LogP contribution >= 0.6 is 43.5 Å².